The molecule has 1 amide bonds. The molecule has 1 N–H and O–H groups in total. The van der Waals surface area contributed by atoms with Crippen molar-refractivity contribution >= 4 is 6.09 Å². The van der Waals surface area contributed by atoms with Gasteiger partial charge in [-0.15, -0.1) is 0 Å². The molecule has 1 atom stereocenters. The topological polar surface area (TPSA) is 48.1 Å². The molecule has 3 aliphatic rings. The summed E-state index contributed by atoms with van der Waals surface area (Å²) in [7, 11) is 2.19. The first-order valence-electron chi connectivity index (χ1n) is 12.9. The number of allylic oxidation sites excluding steroid dienone is 2. The van der Waals surface area contributed by atoms with E-state index in [1.807, 2.05) is 17.9 Å². The molecule has 214 valence electrons. The van der Waals surface area contributed by atoms with Gasteiger partial charge in [0.25, 0.3) is 6.10 Å². The zero-order valence-electron chi connectivity index (χ0n) is 22.1. The van der Waals surface area contributed by atoms with Crippen LogP contribution in [-0.4, -0.2) is 97.6 Å². The van der Waals surface area contributed by atoms with Gasteiger partial charge in [-0.3, -0.25) is 4.90 Å². The van der Waals surface area contributed by atoms with Crippen LogP contribution in [0.15, 0.2) is 34.4 Å². The average Bonchev–Trinajstić information content (AvgIpc) is 3.18. The molecule has 3 rings (SSSR count). The van der Waals surface area contributed by atoms with Crippen LogP contribution in [0.5, 0.6) is 0 Å². The number of amides is 1. The number of carbonyl (C=O) groups excluding carboxylic acids is 1. The fraction of sp³-hybridized carbons (Fsp3) is 0.731. The normalized spacial score (nSPS) is 23.4. The first-order valence-corrected chi connectivity index (χ1v) is 12.9. The Labute approximate surface area is 219 Å². The maximum absolute atomic E-state index is 12.7. The maximum Gasteiger partial charge on any atom is 0.434 e. The summed E-state index contributed by atoms with van der Waals surface area (Å²) < 4.78 is 80.2. The number of hydrogen-bond donors (Lipinski definition) is 1. The molecule has 0 aromatic heterocycles. The number of likely N-dealkylation sites (tertiary alicyclic amines) is 1. The van der Waals surface area contributed by atoms with E-state index in [1.165, 1.54) is 12.8 Å². The third-order valence-electron chi connectivity index (χ3n) is 7.49. The van der Waals surface area contributed by atoms with Crippen molar-refractivity contribution in [2.24, 2.45) is 0 Å². The molecule has 12 heteroatoms. The van der Waals surface area contributed by atoms with E-state index in [0.717, 1.165) is 54.1 Å². The van der Waals surface area contributed by atoms with Crippen molar-refractivity contribution in [3.05, 3.63) is 34.4 Å². The minimum Gasteiger partial charge on any atom is -0.426 e. The summed E-state index contributed by atoms with van der Waals surface area (Å²) >= 11 is 0. The monoisotopic (exact) mass is 550 g/mol. The van der Waals surface area contributed by atoms with E-state index >= 15 is 0 Å². The van der Waals surface area contributed by atoms with E-state index in [-0.39, 0.29) is 31.7 Å². The van der Waals surface area contributed by atoms with Gasteiger partial charge >= 0.3 is 18.4 Å². The summed E-state index contributed by atoms with van der Waals surface area (Å²) in [4.78, 5) is 17.3. The van der Waals surface area contributed by atoms with Crippen LogP contribution in [-0.2, 0) is 4.74 Å². The predicted molar refractivity (Wildman–Crippen MR) is 130 cm³/mol. The quantitative estimate of drug-likeness (QED) is 0.324. The molecule has 0 radical (unpaired) electrons. The minimum absolute atomic E-state index is 0.0501. The molecule has 2 aliphatic heterocycles. The number of alkyl halides is 6. The van der Waals surface area contributed by atoms with Gasteiger partial charge in [0, 0.05) is 61.7 Å². The lowest BCUT2D eigenvalue weighted by molar-refractivity contribution is -0.308. The Bertz CT molecular complexity index is 973. The molecule has 0 saturated carbocycles. The van der Waals surface area contributed by atoms with E-state index in [1.54, 1.807) is 0 Å². The van der Waals surface area contributed by atoms with Gasteiger partial charge in [-0.1, -0.05) is 24.8 Å². The third-order valence-corrected chi connectivity index (χ3v) is 7.49. The van der Waals surface area contributed by atoms with Crippen molar-refractivity contribution < 1.29 is 35.9 Å². The van der Waals surface area contributed by atoms with Gasteiger partial charge in [0.15, 0.2) is 0 Å². The number of ether oxygens (including phenoxy) is 1. The van der Waals surface area contributed by atoms with Crippen molar-refractivity contribution in [2.45, 2.75) is 69.9 Å². The zero-order valence-corrected chi connectivity index (χ0v) is 22.1. The molecule has 6 nitrogen and oxygen atoms in total. The van der Waals surface area contributed by atoms with Gasteiger partial charge < -0.3 is 19.9 Å². The van der Waals surface area contributed by atoms with E-state index < -0.39 is 24.5 Å². The highest BCUT2D eigenvalue weighted by molar-refractivity contribution is 5.68. The molecule has 0 bridgehead atoms. The highest BCUT2D eigenvalue weighted by Crippen LogP contribution is 2.36. The summed E-state index contributed by atoms with van der Waals surface area (Å²) in [6, 6.07) is 0. The first kappa shape index (κ1) is 30.2. The standard InChI is InChI=1S/C26H36F6N4O2/c1-4-8-24(9-5-12-34(24)3)10-11-33-21-17-19(2)6-7-20(21)18-35-13-15-36(16-14-35)23(37)38-22(25(27,28)29)26(30,31)32/h17,22,33H,4-5,8-16,18H2,1-3H3. The number of nitrogens with one attached hydrogen (secondary N) is 1. The van der Waals surface area contributed by atoms with Crippen LogP contribution >= 0.6 is 0 Å². The van der Waals surface area contributed by atoms with Crippen LogP contribution in [0, 0.1) is 0 Å². The lowest BCUT2D eigenvalue weighted by atomic mass is 9.87. The minimum atomic E-state index is -5.74. The molecule has 0 aromatic rings. The Kier molecular flexibility index (Phi) is 9.68. The molecule has 38 heavy (non-hydrogen) atoms. The van der Waals surface area contributed by atoms with E-state index in [2.05, 4.69) is 40.4 Å². The van der Waals surface area contributed by atoms with Crippen LogP contribution < -0.4 is 5.32 Å². The molecule has 2 heterocycles. The molecule has 1 aliphatic carbocycles. The van der Waals surface area contributed by atoms with Crippen LogP contribution in [0.1, 0.15) is 46.0 Å². The number of hydrogen-bond acceptors (Lipinski definition) is 5. The largest absolute Gasteiger partial charge is 0.434 e. The van der Waals surface area contributed by atoms with Crippen LogP contribution in [0.3, 0.4) is 0 Å². The summed E-state index contributed by atoms with van der Waals surface area (Å²) in [5.74, 6) is 0. The van der Waals surface area contributed by atoms with Gasteiger partial charge in [0.2, 0.25) is 0 Å². The Morgan fingerprint density at radius 3 is 2.29 bits per heavy atom. The lowest BCUT2D eigenvalue weighted by Crippen LogP contribution is -2.53. The molecule has 2 saturated heterocycles. The van der Waals surface area contributed by atoms with Crippen molar-refractivity contribution in [1.29, 1.82) is 0 Å². The Hall–Kier alpha value is -2.39. The molecule has 0 spiro atoms. The van der Waals surface area contributed by atoms with Crippen molar-refractivity contribution in [3.63, 3.8) is 0 Å². The highest BCUT2D eigenvalue weighted by atomic mass is 19.4. The van der Waals surface area contributed by atoms with E-state index in [0.29, 0.717) is 6.54 Å². The first-order chi connectivity index (χ1) is 17.7. The third kappa shape index (κ3) is 7.59. The van der Waals surface area contributed by atoms with Crippen LogP contribution in [0.25, 0.3) is 0 Å². The lowest BCUT2D eigenvalue weighted by Gasteiger charge is -2.37. The van der Waals surface area contributed by atoms with Gasteiger partial charge in [-0.25, -0.2) is 4.79 Å². The highest BCUT2D eigenvalue weighted by Gasteiger charge is 2.60. The Morgan fingerprint density at radius 1 is 1.08 bits per heavy atom. The molecule has 0 aromatic carbocycles. The molecular weight excluding hydrogens is 514 g/mol. The Balaban J connectivity index is 1.54. The molecular formula is C26H36F6N4O2. The predicted octanol–water partition coefficient (Wildman–Crippen LogP) is 5.00. The fourth-order valence-electron chi connectivity index (χ4n) is 5.40. The van der Waals surface area contributed by atoms with Crippen molar-refractivity contribution in [2.75, 3.05) is 52.9 Å². The number of piperazine rings is 1. The zero-order chi connectivity index (χ0) is 28.1. The number of rotatable bonds is 9. The number of carbonyl (C=O) groups is 1. The summed E-state index contributed by atoms with van der Waals surface area (Å²) in [6.07, 6.45) is -9.60. The van der Waals surface area contributed by atoms with Crippen LogP contribution in [0.2, 0.25) is 0 Å². The molecule has 1 unspecified atom stereocenters. The number of nitrogens with zero attached hydrogens (tertiary/aromatic N) is 3. The van der Waals surface area contributed by atoms with Crippen molar-refractivity contribution in [3.8, 4) is 0 Å². The number of halogens is 6. The van der Waals surface area contributed by atoms with Gasteiger partial charge in [-0.05, 0) is 52.3 Å². The fourth-order valence-corrected chi connectivity index (χ4v) is 5.40. The summed E-state index contributed by atoms with van der Waals surface area (Å²) in [5.41, 5.74) is 9.16. The average molecular weight is 551 g/mol. The van der Waals surface area contributed by atoms with Crippen molar-refractivity contribution in [1.82, 2.24) is 20.0 Å². The smallest absolute Gasteiger partial charge is 0.426 e. The SMILES string of the molecule is CCCC1(CCNC2=CC(C)=C=C=C2CN2CCN(C(=O)OC(C(F)(F)F)C(F)(F)F)CC2)CCCN1C. The summed E-state index contributed by atoms with van der Waals surface area (Å²) in [5, 5.41) is 3.55. The second-order valence-electron chi connectivity index (χ2n) is 10.3. The Morgan fingerprint density at radius 2 is 1.74 bits per heavy atom. The van der Waals surface area contributed by atoms with Crippen LogP contribution in [0.4, 0.5) is 31.1 Å². The second kappa shape index (κ2) is 12.2. The summed E-state index contributed by atoms with van der Waals surface area (Å²) in [6.45, 7) is 6.90. The molecule has 2 fully saturated rings. The van der Waals surface area contributed by atoms with E-state index in [9.17, 15) is 31.1 Å². The van der Waals surface area contributed by atoms with E-state index in [4.69, 9.17) is 0 Å². The maximum atomic E-state index is 12.7. The van der Waals surface area contributed by atoms with Gasteiger partial charge in [-0.2, -0.15) is 26.3 Å². The second-order valence-corrected chi connectivity index (χ2v) is 10.3. The van der Waals surface area contributed by atoms with Gasteiger partial charge in [0.05, 0.1) is 0 Å². The van der Waals surface area contributed by atoms with Gasteiger partial charge in [0.1, 0.15) is 0 Å².